The number of rotatable bonds is 5. The number of hydrogen-bond acceptors (Lipinski definition) is 3. The minimum atomic E-state index is -0.337. The molecule has 0 spiro atoms. The fourth-order valence-corrected chi connectivity index (χ4v) is 0.785. The molecule has 14 heavy (non-hydrogen) atoms. The number of nitrogens with one attached hydrogen (secondary N) is 1. The summed E-state index contributed by atoms with van der Waals surface area (Å²) in [5.74, 6) is -0.337. The highest BCUT2D eigenvalue weighted by Crippen LogP contribution is 1.89. The summed E-state index contributed by atoms with van der Waals surface area (Å²) in [6.07, 6.45) is 5.54. The van der Waals surface area contributed by atoms with Gasteiger partial charge in [0.05, 0.1) is 0 Å². The van der Waals surface area contributed by atoms with E-state index in [-0.39, 0.29) is 12.3 Å². The number of carbonyl (C=O) groups is 1. The van der Waals surface area contributed by atoms with Gasteiger partial charge in [0.15, 0.2) is 0 Å². The van der Waals surface area contributed by atoms with Crippen LogP contribution < -0.4 is 11.1 Å². The van der Waals surface area contributed by atoms with Crippen molar-refractivity contribution < 1.29 is 4.79 Å². The topological polar surface area (TPSA) is 67.5 Å². The van der Waals surface area contributed by atoms with E-state index >= 15 is 0 Å². The first-order valence-electron chi connectivity index (χ1n) is 4.37. The van der Waals surface area contributed by atoms with Gasteiger partial charge in [-0.25, -0.2) is 0 Å². The minimum Gasteiger partial charge on any atom is -0.369 e. The van der Waals surface area contributed by atoms with E-state index in [0.717, 1.165) is 11.4 Å². The smallest absolute Gasteiger partial charge is 0.221 e. The number of amides is 1. The van der Waals surface area contributed by atoms with Gasteiger partial charge in [0.25, 0.3) is 0 Å². The molecule has 0 unspecified atom stereocenters. The monoisotopic (exact) mass is 195 g/mol. The number of allylic oxidation sites excluding steroid dienone is 2. The van der Waals surface area contributed by atoms with Crippen LogP contribution in [-0.2, 0) is 4.79 Å². The predicted molar refractivity (Wildman–Crippen MR) is 58.9 cm³/mol. The van der Waals surface area contributed by atoms with Crippen LogP contribution in [-0.4, -0.2) is 18.7 Å². The van der Waals surface area contributed by atoms with E-state index in [2.05, 4.69) is 10.3 Å². The van der Waals surface area contributed by atoms with Crippen LogP contribution in [0, 0.1) is 0 Å². The standard InChI is InChI=1S/C10H17N3O/c1-8(12-3)7-9(2)13-6-4-5-10(11)14/h4,6-7,13H,5H2,1-3H3,(H2,11,14)/b6-4-,9-7-,12-8-. The van der Waals surface area contributed by atoms with Gasteiger partial charge in [0.2, 0.25) is 5.91 Å². The highest BCUT2D eigenvalue weighted by atomic mass is 16.1. The largest absolute Gasteiger partial charge is 0.369 e. The molecule has 0 atom stereocenters. The molecule has 0 radical (unpaired) electrons. The third-order valence-corrected chi connectivity index (χ3v) is 1.53. The Morgan fingerprint density at radius 1 is 1.50 bits per heavy atom. The first kappa shape index (κ1) is 12.4. The number of hydrogen-bond donors (Lipinski definition) is 2. The van der Waals surface area contributed by atoms with E-state index in [0.29, 0.717) is 0 Å². The van der Waals surface area contributed by atoms with Crippen LogP contribution in [0.3, 0.4) is 0 Å². The zero-order valence-corrected chi connectivity index (χ0v) is 8.87. The molecule has 0 saturated carbocycles. The van der Waals surface area contributed by atoms with Gasteiger partial charge >= 0.3 is 0 Å². The Morgan fingerprint density at radius 2 is 2.14 bits per heavy atom. The van der Waals surface area contributed by atoms with Crippen molar-refractivity contribution in [2.75, 3.05) is 7.05 Å². The quantitative estimate of drug-likeness (QED) is 0.641. The molecule has 0 aromatic heterocycles. The van der Waals surface area contributed by atoms with Gasteiger partial charge in [-0.05, 0) is 26.1 Å². The molecule has 0 fully saturated rings. The van der Waals surface area contributed by atoms with Crippen molar-refractivity contribution >= 4 is 11.6 Å². The van der Waals surface area contributed by atoms with E-state index in [1.54, 1.807) is 19.3 Å². The molecule has 0 aliphatic carbocycles. The number of primary amides is 1. The summed E-state index contributed by atoms with van der Waals surface area (Å²) in [7, 11) is 1.74. The van der Waals surface area contributed by atoms with Crippen LogP contribution >= 0.6 is 0 Å². The molecule has 3 N–H and O–H groups in total. The lowest BCUT2D eigenvalue weighted by Gasteiger charge is -1.99. The van der Waals surface area contributed by atoms with Crippen molar-refractivity contribution in [2.24, 2.45) is 10.7 Å². The Balaban J connectivity index is 3.96. The van der Waals surface area contributed by atoms with Crippen molar-refractivity contribution in [3.8, 4) is 0 Å². The number of nitrogens with two attached hydrogens (primary N) is 1. The molecular weight excluding hydrogens is 178 g/mol. The van der Waals surface area contributed by atoms with Crippen molar-refractivity contribution in [3.63, 3.8) is 0 Å². The van der Waals surface area contributed by atoms with E-state index in [4.69, 9.17) is 5.73 Å². The number of nitrogens with zero attached hydrogens (tertiary/aromatic N) is 1. The summed E-state index contributed by atoms with van der Waals surface area (Å²) in [5, 5.41) is 3.00. The maximum atomic E-state index is 10.4. The van der Waals surface area contributed by atoms with Gasteiger partial charge < -0.3 is 11.1 Å². The van der Waals surface area contributed by atoms with Gasteiger partial charge in [-0.2, -0.15) is 0 Å². The summed E-state index contributed by atoms with van der Waals surface area (Å²) in [5.41, 5.74) is 6.87. The molecule has 0 bridgehead atoms. The first-order valence-corrected chi connectivity index (χ1v) is 4.37. The third kappa shape index (κ3) is 7.09. The summed E-state index contributed by atoms with van der Waals surface area (Å²) in [6.45, 7) is 3.83. The Morgan fingerprint density at radius 3 is 2.64 bits per heavy atom. The average molecular weight is 195 g/mol. The zero-order valence-electron chi connectivity index (χ0n) is 8.87. The lowest BCUT2D eigenvalue weighted by atomic mass is 10.3. The highest BCUT2D eigenvalue weighted by molar-refractivity contribution is 5.93. The molecule has 0 rings (SSSR count). The fourth-order valence-electron chi connectivity index (χ4n) is 0.785. The van der Waals surface area contributed by atoms with Crippen LogP contribution in [0.5, 0.6) is 0 Å². The van der Waals surface area contributed by atoms with E-state index in [1.165, 1.54) is 0 Å². The fraction of sp³-hybridized carbons (Fsp3) is 0.400. The number of carbonyl (C=O) groups excluding carboxylic acids is 1. The lowest BCUT2D eigenvalue weighted by Crippen LogP contribution is -2.09. The molecule has 0 aromatic rings. The van der Waals surface area contributed by atoms with Crippen molar-refractivity contribution in [2.45, 2.75) is 20.3 Å². The molecule has 0 saturated heterocycles. The lowest BCUT2D eigenvalue weighted by molar-refractivity contribution is -0.117. The molecule has 4 nitrogen and oxygen atoms in total. The van der Waals surface area contributed by atoms with Crippen LogP contribution in [0.2, 0.25) is 0 Å². The Hall–Kier alpha value is -1.58. The van der Waals surface area contributed by atoms with Gasteiger partial charge in [0.1, 0.15) is 0 Å². The molecule has 78 valence electrons. The van der Waals surface area contributed by atoms with Gasteiger partial charge in [0, 0.05) is 24.9 Å². The second-order valence-electron chi connectivity index (χ2n) is 2.91. The molecule has 1 amide bonds. The average Bonchev–Trinajstić information content (AvgIpc) is 2.12. The molecule has 0 heterocycles. The molecule has 0 aliphatic heterocycles. The third-order valence-electron chi connectivity index (χ3n) is 1.53. The van der Waals surface area contributed by atoms with Crippen molar-refractivity contribution in [3.05, 3.63) is 24.0 Å². The summed E-state index contributed by atoms with van der Waals surface area (Å²) in [6, 6.07) is 0. The van der Waals surface area contributed by atoms with Crippen molar-refractivity contribution in [1.82, 2.24) is 5.32 Å². The van der Waals surface area contributed by atoms with E-state index in [1.807, 2.05) is 19.9 Å². The highest BCUT2D eigenvalue weighted by Gasteiger charge is 1.88. The maximum Gasteiger partial charge on any atom is 0.221 e. The van der Waals surface area contributed by atoms with E-state index < -0.39 is 0 Å². The Kier molecular flexibility index (Phi) is 6.11. The van der Waals surface area contributed by atoms with Gasteiger partial charge in [-0.1, -0.05) is 6.08 Å². The van der Waals surface area contributed by atoms with Crippen LogP contribution in [0.15, 0.2) is 29.0 Å². The molecule has 4 heteroatoms. The Bertz CT molecular complexity index is 277. The Labute approximate surface area is 84.6 Å². The molecular formula is C10H17N3O. The van der Waals surface area contributed by atoms with Crippen LogP contribution in [0.4, 0.5) is 0 Å². The molecule has 0 aromatic carbocycles. The number of aliphatic imine (C=N–C) groups is 1. The second kappa shape index (κ2) is 6.88. The van der Waals surface area contributed by atoms with E-state index in [9.17, 15) is 4.79 Å². The van der Waals surface area contributed by atoms with Gasteiger partial charge in [-0.3, -0.25) is 9.79 Å². The second-order valence-corrected chi connectivity index (χ2v) is 2.91. The minimum absolute atomic E-state index is 0.251. The van der Waals surface area contributed by atoms with Crippen LogP contribution in [0.1, 0.15) is 20.3 Å². The first-order chi connectivity index (χ1) is 6.56. The SMILES string of the molecule is C/N=C(C)\C=C(\C)N/C=C\CC(N)=O. The molecule has 0 aliphatic rings. The summed E-state index contributed by atoms with van der Waals surface area (Å²) in [4.78, 5) is 14.4. The van der Waals surface area contributed by atoms with Crippen molar-refractivity contribution in [1.29, 1.82) is 0 Å². The van der Waals surface area contributed by atoms with Crippen LogP contribution in [0.25, 0.3) is 0 Å². The normalized spacial score (nSPS) is 13.4. The predicted octanol–water partition coefficient (Wildman–Crippen LogP) is 0.960. The van der Waals surface area contributed by atoms with Gasteiger partial charge in [-0.15, -0.1) is 0 Å². The summed E-state index contributed by atoms with van der Waals surface area (Å²) < 4.78 is 0. The summed E-state index contributed by atoms with van der Waals surface area (Å²) >= 11 is 0. The zero-order chi connectivity index (χ0) is 11.0. The maximum absolute atomic E-state index is 10.4.